The van der Waals surface area contributed by atoms with Gasteiger partial charge in [0.15, 0.2) is 0 Å². The maximum absolute atomic E-state index is 14.4. The van der Waals surface area contributed by atoms with Crippen LogP contribution in [-0.2, 0) is 0 Å². The number of rotatable bonds is 9. The molecule has 1 heterocycles. The molecule has 6 heteroatoms. The first-order valence-corrected chi connectivity index (χ1v) is 11.3. The fraction of sp³-hybridized carbons (Fsp3) is 0.500. The van der Waals surface area contributed by atoms with Gasteiger partial charge in [0.25, 0.3) is 0 Å². The smallest absolute Gasteiger partial charge is 0.149 e. The van der Waals surface area contributed by atoms with Crippen molar-refractivity contribution in [2.75, 3.05) is 5.32 Å². The van der Waals surface area contributed by atoms with Gasteiger partial charge in [0, 0.05) is 11.8 Å². The van der Waals surface area contributed by atoms with E-state index in [1.54, 1.807) is 12.1 Å². The minimum atomic E-state index is -0.684. The quantitative estimate of drug-likeness (QED) is 0.164. The third kappa shape index (κ3) is 11.4. The van der Waals surface area contributed by atoms with E-state index < -0.39 is 11.7 Å². The average molecular weight is 484 g/mol. The van der Waals surface area contributed by atoms with Crippen LogP contribution < -0.4 is 5.32 Å². The molecule has 0 amide bonds. The molecule has 0 atom stereocenters. The summed E-state index contributed by atoms with van der Waals surface area (Å²) in [7, 11) is 0. The molecular formula is C24H36BrF2N3. The van der Waals surface area contributed by atoms with E-state index in [1.807, 2.05) is 20.1 Å². The predicted octanol–water partition coefficient (Wildman–Crippen LogP) is 9.14. The second-order valence-electron chi connectivity index (χ2n) is 7.42. The third-order valence-corrected chi connectivity index (χ3v) is 4.01. The lowest BCUT2D eigenvalue weighted by Crippen LogP contribution is -2.06. The Labute approximate surface area is 189 Å². The molecule has 1 N–H and O–H groups in total. The molecule has 0 radical (unpaired) electrons. The van der Waals surface area contributed by atoms with Crippen LogP contribution in [0.1, 0.15) is 72.8 Å². The lowest BCUT2D eigenvalue weighted by Gasteiger charge is -2.13. The molecule has 0 unspecified atom stereocenters. The summed E-state index contributed by atoms with van der Waals surface area (Å²) in [5.41, 5.74) is 1.18. The van der Waals surface area contributed by atoms with E-state index in [9.17, 15) is 8.78 Å². The maximum Gasteiger partial charge on any atom is 0.149 e. The van der Waals surface area contributed by atoms with E-state index in [0.717, 1.165) is 30.7 Å². The summed E-state index contributed by atoms with van der Waals surface area (Å²) in [6.07, 6.45) is 9.64. The van der Waals surface area contributed by atoms with E-state index in [-0.39, 0.29) is 5.70 Å². The number of nitrogens with zero attached hydrogens (tertiary/aromatic N) is 2. The number of nitrogens with one attached hydrogen (secondary N) is 1. The van der Waals surface area contributed by atoms with Crippen molar-refractivity contribution in [2.45, 2.75) is 74.1 Å². The van der Waals surface area contributed by atoms with Crippen LogP contribution in [0, 0.1) is 12.8 Å². The van der Waals surface area contributed by atoms with Gasteiger partial charge >= 0.3 is 0 Å². The summed E-state index contributed by atoms with van der Waals surface area (Å²) in [5, 5.41) is 2.78. The molecule has 1 rings (SSSR count). The molecule has 0 aliphatic carbocycles. The minimum Gasteiger partial charge on any atom is -0.335 e. The molecule has 0 fully saturated rings. The highest BCUT2D eigenvalue weighted by Gasteiger charge is 2.14. The summed E-state index contributed by atoms with van der Waals surface area (Å²) in [6, 6.07) is 1.78. The second kappa shape index (κ2) is 15.9. The molecule has 1 aromatic rings. The van der Waals surface area contributed by atoms with E-state index in [1.165, 1.54) is 19.1 Å². The van der Waals surface area contributed by atoms with Gasteiger partial charge in [-0.2, -0.15) is 0 Å². The second-order valence-corrected chi connectivity index (χ2v) is 8.23. The van der Waals surface area contributed by atoms with Crippen molar-refractivity contribution in [3.05, 3.63) is 51.8 Å². The zero-order valence-electron chi connectivity index (χ0n) is 19.3. The lowest BCUT2D eigenvalue weighted by atomic mass is 10.2. The average Bonchev–Trinajstić information content (AvgIpc) is 2.69. The number of halogens is 3. The van der Waals surface area contributed by atoms with Crippen LogP contribution >= 0.6 is 15.9 Å². The monoisotopic (exact) mass is 483 g/mol. The fourth-order valence-corrected chi connectivity index (χ4v) is 2.47. The van der Waals surface area contributed by atoms with Gasteiger partial charge in [0.05, 0.1) is 5.69 Å². The first-order chi connectivity index (χ1) is 14.2. The van der Waals surface area contributed by atoms with E-state index >= 15 is 0 Å². The number of hydrogen-bond acceptors (Lipinski definition) is 3. The molecule has 30 heavy (non-hydrogen) atoms. The first kappa shape index (κ1) is 28.2. The minimum absolute atomic E-state index is 0.244. The molecule has 0 aromatic carbocycles. The van der Waals surface area contributed by atoms with Crippen LogP contribution in [0.4, 0.5) is 20.3 Å². The molecule has 0 saturated heterocycles. The lowest BCUT2D eigenvalue weighted by molar-refractivity contribution is 0.610. The highest BCUT2D eigenvalue weighted by molar-refractivity contribution is 9.10. The van der Waals surface area contributed by atoms with Crippen molar-refractivity contribution in [3.63, 3.8) is 0 Å². The standard InChI is InChI=1S/C20H26BrF2N3.C4H10/c1-5-8-10-12-24-17-13-18(21)25-20(14(17)4)26-19(15(22)7-3)16(23)11-9-6-2;1-4(2)3/h7,9,11-13H,5-6,8,10H2,1-4H3,(H,25,26);4H,1-3H3/b11-9+,15-7+,19-16-,24-12?;. The maximum atomic E-state index is 14.4. The van der Waals surface area contributed by atoms with Gasteiger partial charge in [0.2, 0.25) is 0 Å². The molecule has 0 saturated carbocycles. The number of unbranched alkanes of at least 4 members (excludes halogenated alkanes) is 2. The van der Waals surface area contributed by atoms with Gasteiger partial charge in [-0.1, -0.05) is 47.1 Å². The van der Waals surface area contributed by atoms with Gasteiger partial charge in [-0.3, -0.25) is 4.99 Å². The summed E-state index contributed by atoms with van der Waals surface area (Å²) < 4.78 is 29.1. The first-order valence-electron chi connectivity index (χ1n) is 10.5. The normalized spacial score (nSPS) is 13.0. The van der Waals surface area contributed by atoms with Crippen LogP contribution in [0.3, 0.4) is 0 Å². The van der Waals surface area contributed by atoms with Gasteiger partial charge in [-0.25, -0.2) is 13.8 Å². The molecule has 1 aromatic heterocycles. The third-order valence-electron chi connectivity index (χ3n) is 3.61. The van der Waals surface area contributed by atoms with Crippen molar-refractivity contribution < 1.29 is 8.78 Å². The van der Waals surface area contributed by atoms with Crippen LogP contribution in [0.25, 0.3) is 0 Å². The Morgan fingerprint density at radius 2 is 1.90 bits per heavy atom. The summed E-state index contributed by atoms with van der Waals surface area (Å²) in [5.74, 6) is -0.178. The topological polar surface area (TPSA) is 37.3 Å². The predicted molar refractivity (Wildman–Crippen MR) is 131 cm³/mol. The van der Waals surface area contributed by atoms with Crippen LogP contribution in [0.15, 0.2) is 51.2 Å². The number of aliphatic imine (C=N–C) groups is 1. The van der Waals surface area contributed by atoms with Gasteiger partial charge < -0.3 is 5.32 Å². The van der Waals surface area contributed by atoms with Crippen LogP contribution in [0.5, 0.6) is 0 Å². The Morgan fingerprint density at radius 3 is 2.43 bits per heavy atom. The zero-order chi connectivity index (χ0) is 23.1. The van der Waals surface area contributed by atoms with Crippen molar-refractivity contribution in [3.8, 4) is 0 Å². The van der Waals surface area contributed by atoms with Gasteiger partial charge in [0.1, 0.15) is 27.8 Å². The number of hydrogen-bond donors (Lipinski definition) is 1. The van der Waals surface area contributed by atoms with E-state index in [2.05, 4.69) is 58.9 Å². The summed E-state index contributed by atoms with van der Waals surface area (Å²) >= 11 is 3.34. The Bertz CT molecular complexity index is 763. The van der Waals surface area contributed by atoms with Crippen molar-refractivity contribution in [1.82, 2.24) is 4.98 Å². The fourth-order valence-electron chi connectivity index (χ4n) is 2.08. The van der Waals surface area contributed by atoms with Crippen molar-refractivity contribution in [1.29, 1.82) is 0 Å². The summed E-state index contributed by atoms with van der Waals surface area (Å²) in [4.78, 5) is 8.77. The molecule has 168 valence electrons. The Morgan fingerprint density at radius 1 is 1.27 bits per heavy atom. The Kier molecular flexibility index (Phi) is 15.0. The molecule has 3 nitrogen and oxygen atoms in total. The van der Waals surface area contributed by atoms with Crippen molar-refractivity contribution in [2.24, 2.45) is 10.9 Å². The van der Waals surface area contributed by atoms with Crippen LogP contribution in [0.2, 0.25) is 0 Å². The molecule has 0 bridgehead atoms. The van der Waals surface area contributed by atoms with E-state index in [0.29, 0.717) is 22.5 Å². The largest absolute Gasteiger partial charge is 0.335 e. The number of anilines is 1. The molecule has 0 aliphatic heterocycles. The molecule has 0 aliphatic rings. The van der Waals surface area contributed by atoms with Gasteiger partial charge in [-0.05, 0) is 73.2 Å². The number of aromatic nitrogens is 1. The SMILES string of the molecule is CC(C)C.C\C=C(F)/C(Nc1nc(Br)cc(N=CCCCC)c1C)=C(F)\C=C\CC. The highest BCUT2D eigenvalue weighted by atomic mass is 79.9. The molecular weight excluding hydrogens is 448 g/mol. The van der Waals surface area contributed by atoms with Crippen LogP contribution in [-0.4, -0.2) is 11.2 Å². The zero-order valence-corrected chi connectivity index (χ0v) is 20.9. The summed E-state index contributed by atoms with van der Waals surface area (Å²) in [6.45, 7) is 13.8. The molecule has 0 spiro atoms. The van der Waals surface area contributed by atoms with E-state index in [4.69, 9.17) is 0 Å². The Hall–Kier alpha value is -1.82. The Balaban J connectivity index is 0.00000192. The van der Waals surface area contributed by atoms with Crippen molar-refractivity contribution >= 4 is 33.6 Å². The number of allylic oxidation sites excluding steroid dienone is 5. The highest BCUT2D eigenvalue weighted by Crippen LogP contribution is 2.30. The van der Waals surface area contributed by atoms with Gasteiger partial charge in [-0.15, -0.1) is 0 Å². The number of pyridine rings is 1.